The van der Waals surface area contributed by atoms with Crippen molar-refractivity contribution in [2.24, 2.45) is 5.73 Å². The zero-order chi connectivity index (χ0) is 14.9. The smallest absolute Gasteiger partial charge is 0.225 e. The van der Waals surface area contributed by atoms with Crippen LogP contribution in [-0.2, 0) is 4.79 Å². The fraction of sp³-hybridized carbons (Fsp3) is 0.571. The molecule has 0 aliphatic rings. The molecule has 114 valence electrons. The Kier molecular flexibility index (Phi) is 6.08. The van der Waals surface area contributed by atoms with Crippen molar-refractivity contribution in [3.63, 3.8) is 0 Å². The molecule has 4 N–H and O–H groups in total. The Morgan fingerprint density at radius 1 is 1.10 bits per heavy atom. The van der Waals surface area contributed by atoms with E-state index in [-0.39, 0.29) is 5.91 Å². The number of unbranched alkanes of at least 4 members (excludes halogenated alkanes) is 5. The molecule has 7 nitrogen and oxygen atoms in total. The third kappa shape index (κ3) is 4.78. The lowest BCUT2D eigenvalue weighted by atomic mass is 10.1. The van der Waals surface area contributed by atoms with E-state index >= 15 is 0 Å². The number of hydrogen-bond donors (Lipinski definition) is 3. The number of carbonyl (C=O) groups excluding carboxylic acids is 1. The Morgan fingerprint density at radius 2 is 1.86 bits per heavy atom. The molecule has 0 spiro atoms. The molecule has 7 heteroatoms. The lowest BCUT2D eigenvalue weighted by Gasteiger charge is -2.05. The van der Waals surface area contributed by atoms with Gasteiger partial charge in [0.05, 0.1) is 6.33 Å². The van der Waals surface area contributed by atoms with E-state index in [9.17, 15) is 4.79 Å². The molecular weight excluding hydrogens is 268 g/mol. The Labute approximate surface area is 123 Å². The van der Waals surface area contributed by atoms with Crippen LogP contribution in [0, 0.1) is 0 Å². The predicted molar refractivity (Wildman–Crippen MR) is 81.7 cm³/mol. The van der Waals surface area contributed by atoms with E-state index in [1.54, 1.807) is 0 Å². The molecule has 0 fully saturated rings. The van der Waals surface area contributed by atoms with Crippen LogP contribution in [0.5, 0.6) is 0 Å². The molecule has 0 aliphatic carbocycles. The van der Waals surface area contributed by atoms with Gasteiger partial charge in [-0.3, -0.25) is 4.79 Å². The van der Waals surface area contributed by atoms with Gasteiger partial charge in [0.1, 0.15) is 11.8 Å². The average molecular weight is 290 g/mol. The Hall–Kier alpha value is -2.02. The van der Waals surface area contributed by atoms with Gasteiger partial charge in [-0.2, -0.15) is 0 Å². The second kappa shape index (κ2) is 8.31. The van der Waals surface area contributed by atoms with E-state index in [1.165, 1.54) is 25.5 Å². The summed E-state index contributed by atoms with van der Waals surface area (Å²) in [7, 11) is 0. The lowest BCUT2D eigenvalue weighted by Crippen LogP contribution is -2.12. The maximum absolute atomic E-state index is 11.9. The zero-order valence-corrected chi connectivity index (χ0v) is 12.1. The number of imidazole rings is 1. The first-order valence-corrected chi connectivity index (χ1v) is 7.45. The highest BCUT2D eigenvalue weighted by molar-refractivity contribution is 5.96. The van der Waals surface area contributed by atoms with Crippen LogP contribution in [0.25, 0.3) is 11.2 Å². The summed E-state index contributed by atoms with van der Waals surface area (Å²) in [5.74, 6) is 0.469. The van der Waals surface area contributed by atoms with Crippen molar-refractivity contribution >= 4 is 22.9 Å². The maximum atomic E-state index is 11.9. The van der Waals surface area contributed by atoms with E-state index in [1.807, 2.05) is 0 Å². The Balaban J connectivity index is 1.69. The molecule has 2 aromatic rings. The minimum atomic E-state index is -0.0217. The fourth-order valence-electron chi connectivity index (χ4n) is 2.19. The van der Waals surface area contributed by atoms with Crippen molar-refractivity contribution in [1.82, 2.24) is 19.9 Å². The molecule has 1 amide bonds. The number of anilines is 1. The van der Waals surface area contributed by atoms with Crippen LogP contribution in [-0.4, -0.2) is 32.4 Å². The summed E-state index contributed by atoms with van der Waals surface area (Å²) in [4.78, 5) is 26.9. The number of nitrogens with one attached hydrogen (secondary N) is 2. The molecule has 0 radical (unpaired) electrons. The standard InChI is InChI=1S/C14H22N6O/c15-8-6-4-2-1-3-5-7-11(21)20-14-12-13(17-9-16-12)18-10-19-14/h9-10H,1-8,15H2,(H2,16,17,18,19,20,21). The number of amides is 1. The van der Waals surface area contributed by atoms with Crippen molar-refractivity contribution in [2.75, 3.05) is 11.9 Å². The van der Waals surface area contributed by atoms with Gasteiger partial charge in [0, 0.05) is 6.42 Å². The number of nitrogens with zero attached hydrogens (tertiary/aromatic N) is 3. The van der Waals surface area contributed by atoms with E-state index in [0.717, 1.165) is 32.2 Å². The molecule has 0 saturated heterocycles. The summed E-state index contributed by atoms with van der Waals surface area (Å²) in [6.45, 7) is 0.767. The SMILES string of the molecule is NCCCCCCCCC(=O)Nc1ncnc2nc[nH]c12. The van der Waals surface area contributed by atoms with Crippen molar-refractivity contribution in [3.8, 4) is 0 Å². The minimum absolute atomic E-state index is 0.0217. The van der Waals surface area contributed by atoms with E-state index in [0.29, 0.717) is 23.4 Å². The van der Waals surface area contributed by atoms with Crippen LogP contribution in [0.15, 0.2) is 12.7 Å². The molecule has 0 aromatic carbocycles. The number of carbonyl (C=O) groups is 1. The number of nitrogens with two attached hydrogens (primary N) is 1. The maximum Gasteiger partial charge on any atom is 0.225 e. The number of H-pyrrole nitrogens is 1. The highest BCUT2D eigenvalue weighted by atomic mass is 16.1. The molecule has 0 aliphatic heterocycles. The Morgan fingerprint density at radius 3 is 2.67 bits per heavy atom. The first kappa shape index (κ1) is 15.4. The highest BCUT2D eigenvalue weighted by Gasteiger charge is 2.09. The van der Waals surface area contributed by atoms with Gasteiger partial charge in [-0.1, -0.05) is 25.7 Å². The molecule has 0 atom stereocenters. The van der Waals surface area contributed by atoms with E-state index in [2.05, 4.69) is 25.3 Å². The van der Waals surface area contributed by atoms with Gasteiger partial charge < -0.3 is 16.0 Å². The second-order valence-corrected chi connectivity index (χ2v) is 5.03. The normalized spacial score (nSPS) is 10.9. The summed E-state index contributed by atoms with van der Waals surface area (Å²) in [5, 5.41) is 2.80. The molecule has 0 saturated carbocycles. The predicted octanol–water partition coefficient (Wildman–Crippen LogP) is 1.98. The summed E-state index contributed by atoms with van der Waals surface area (Å²) in [6, 6.07) is 0. The topological polar surface area (TPSA) is 110 Å². The lowest BCUT2D eigenvalue weighted by molar-refractivity contribution is -0.116. The van der Waals surface area contributed by atoms with Crippen LogP contribution < -0.4 is 11.1 Å². The summed E-state index contributed by atoms with van der Waals surface area (Å²) >= 11 is 0. The first-order chi connectivity index (χ1) is 10.3. The van der Waals surface area contributed by atoms with Gasteiger partial charge >= 0.3 is 0 Å². The molecule has 2 aromatic heterocycles. The van der Waals surface area contributed by atoms with Crippen molar-refractivity contribution < 1.29 is 4.79 Å². The zero-order valence-electron chi connectivity index (χ0n) is 12.1. The molecule has 0 unspecified atom stereocenters. The van der Waals surface area contributed by atoms with Gasteiger partial charge in [-0.05, 0) is 19.4 Å². The van der Waals surface area contributed by atoms with Gasteiger partial charge in [-0.25, -0.2) is 15.0 Å². The quantitative estimate of drug-likeness (QED) is 0.612. The largest absolute Gasteiger partial charge is 0.340 e. The van der Waals surface area contributed by atoms with Crippen LogP contribution in [0.2, 0.25) is 0 Å². The van der Waals surface area contributed by atoms with Crippen LogP contribution >= 0.6 is 0 Å². The monoisotopic (exact) mass is 290 g/mol. The Bertz CT molecular complexity index is 567. The molecule has 2 heterocycles. The van der Waals surface area contributed by atoms with Crippen molar-refractivity contribution in [3.05, 3.63) is 12.7 Å². The van der Waals surface area contributed by atoms with Gasteiger partial charge in [0.25, 0.3) is 0 Å². The third-order valence-electron chi connectivity index (χ3n) is 3.34. The van der Waals surface area contributed by atoms with Crippen molar-refractivity contribution in [2.45, 2.75) is 44.9 Å². The fourth-order valence-corrected chi connectivity index (χ4v) is 2.19. The van der Waals surface area contributed by atoms with Gasteiger partial charge in [0.15, 0.2) is 11.5 Å². The van der Waals surface area contributed by atoms with Crippen LogP contribution in [0.3, 0.4) is 0 Å². The third-order valence-corrected chi connectivity index (χ3v) is 3.34. The molecule has 21 heavy (non-hydrogen) atoms. The van der Waals surface area contributed by atoms with Crippen LogP contribution in [0.1, 0.15) is 44.9 Å². The summed E-state index contributed by atoms with van der Waals surface area (Å²) in [5.41, 5.74) is 6.66. The van der Waals surface area contributed by atoms with Crippen LogP contribution in [0.4, 0.5) is 5.82 Å². The van der Waals surface area contributed by atoms with Gasteiger partial charge in [-0.15, -0.1) is 0 Å². The number of rotatable bonds is 9. The number of aromatic amines is 1. The number of aromatic nitrogens is 4. The minimum Gasteiger partial charge on any atom is -0.340 e. The average Bonchev–Trinajstić information content (AvgIpc) is 2.96. The number of hydrogen-bond acceptors (Lipinski definition) is 5. The van der Waals surface area contributed by atoms with E-state index in [4.69, 9.17) is 5.73 Å². The molecule has 0 bridgehead atoms. The summed E-state index contributed by atoms with van der Waals surface area (Å²) in [6.07, 6.45) is 10.0. The summed E-state index contributed by atoms with van der Waals surface area (Å²) < 4.78 is 0. The van der Waals surface area contributed by atoms with Crippen molar-refractivity contribution in [1.29, 1.82) is 0 Å². The van der Waals surface area contributed by atoms with Gasteiger partial charge in [0.2, 0.25) is 5.91 Å². The highest BCUT2D eigenvalue weighted by Crippen LogP contribution is 2.15. The first-order valence-electron chi connectivity index (χ1n) is 7.45. The van der Waals surface area contributed by atoms with E-state index < -0.39 is 0 Å². The number of fused-ring (bicyclic) bond motifs is 1. The molecule has 2 rings (SSSR count). The molecular formula is C14H22N6O. The second-order valence-electron chi connectivity index (χ2n) is 5.03.